The Morgan fingerprint density at radius 3 is 0.556 bits per heavy atom. The minimum atomic E-state index is 0.167. The lowest BCUT2D eigenvalue weighted by Crippen LogP contribution is -2.42. The Bertz CT molecular complexity index is 605. The van der Waals surface area contributed by atoms with E-state index in [2.05, 4.69) is 36.5 Å². The topological polar surface area (TPSA) is 55.4 Å². The summed E-state index contributed by atoms with van der Waals surface area (Å²) < 4.78 is 36.1. The summed E-state index contributed by atoms with van der Waals surface area (Å²) in [6.07, 6.45) is 20.9. The summed E-state index contributed by atoms with van der Waals surface area (Å²) in [6.45, 7) is 0. The van der Waals surface area contributed by atoms with Crippen molar-refractivity contribution >= 4 is 0 Å². The third-order valence-electron chi connectivity index (χ3n) is 9.53. The van der Waals surface area contributed by atoms with E-state index in [9.17, 15) is 0 Å². The minimum absolute atomic E-state index is 0.167. The van der Waals surface area contributed by atoms with Crippen LogP contribution in [0.15, 0.2) is 36.5 Å². The van der Waals surface area contributed by atoms with E-state index in [1.54, 1.807) is 0 Å². The molecule has 0 spiro atoms. The molecule has 0 aromatic heterocycles. The molecule has 6 heteroatoms. The molecule has 12 atom stereocenters. The first-order valence-corrected chi connectivity index (χ1v) is 13.8. The van der Waals surface area contributed by atoms with Crippen molar-refractivity contribution in [2.45, 2.75) is 75.1 Å². The molecule has 0 amide bonds. The van der Waals surface area contributed by atoms with Gasteiger partial charge in [0.1, 0.15) is 0 Å². The fraction of sp³-hybridized carbons (Fsp3) is 0.800. The second-order valence-electron chi connectivity index (χ2n) is 11.2. The summed E-state index contributed by atoms with van der Waals surface area (Å²) in [5, 5.41) is 0. The van der Waals surface area contributed by atoms with Gasteiger partial charge in [-0.2, -0.15) is 0 Å². The first kappa shape index (κ1) is 28.0. The van der Waals surface area contributed by atoms with Gasteiger partial charge in [0.15, 0.2) is 0 Å². The maximum Gasteiger partial charge on any atom is 0.0641 e. The molecule has 3 saturated carbocycles. The van der Waals surface area contributed by atoms with Gasteiger partial charge in [0, 0.05) is 78.2 Å². The highest BCUT2D eigenvalue weighted by atomic mass is 16.5. The zero-order chi connectivity index (χ0) is 25.7. The van der Waals surface area contributed by atoms with E-state index < -0.39 is 0 Å². The largest absolute Gasteiger partial charge is 0.381 e. The van der Waals surface area contributed by atoms with Crippen LogP contribution in [-0.4, -0.2) is 79.3 Å². The molecule has 3 fully saturated rings. The molecule has 0 N–H and O–H groups in total. The Hall–Kier alpha value is -1.02. The highest BCUT2D eigenvalue weighted by Gasteiger charge is 2.40. The average molecular weight is 505 g/mol. The molecule has 204 valence electrons. The number of hydrogen-bond donors (Lipinski definition) is 0. The van der Waals surface area contributed by atoms with Gasteiger partial charge in [-0.15, -0.1) is 0 Å². The van der Waals surface area contributed by atoms with Crippen molar-refractivity contribution < 1.29 is 28.4 Å². The third kappa shape index (κ3) is 6.16. The Morgan fingerprint density at radius 1 is 0.306 bits per heavy atom. The quantitative estimate of drug-likeness (QED) is 0.483. The second-order valence-corrected chi connectivity index (χ2v) is 11.2. The fourth-order valence-electron chi connectivity index (χ4n) is 7.27. The molecule has 0 saturated heterocycles. The van der Waals surface area contributed by atoms with Crippen molar-refractivity contribution in [1.82, 2.24) is 0 Å². The second kappa shape index (κ2) is 13.2. The van der Waals surface area contributed by atoms with Crippen LogP contribution in [0.3, 0.4) is 0 Å². The number of ether oxygens (including phenoxy) is 6. The lowest BCUT2D eigenvalue weighted by atomic mass is 9.72. The van der Waals surface area contributed by atoms with Crippen LogP contribution in [0.5, 0.6) is 0 Å². The Labute approximate surface area is 218 Å². The summed E-state index contributed by atoms with van der Waals surface area (Å²) in [5.41, 5.74) is 0. The number of methoxy groups -OCH3 is 6. The van der Waals surface area contributed by atoms with Gasteiger partial charge in [-0.05, 0) is 38.5 Å². The number of rotatable bonds is 6. The van der Waals surface area contributed by atoms with Gasteiger partial charge in [-0.1, -0.05) is 36.5 Å². The van der Waals surface area contributed by atoms with E-state index >= 15 is 0 Å². The molecule has 6 bridgehead atoms. The van der Waals surface area contributed by atoms with E-state index in [4.69, 9.17) is 28.4 Å². The predicted molar refractivity (Wildman–Crippen MR) is 141 cm³/mol. The van der Waals surface area contributed by atoms with E-state index in [-0.39, 0.29) is 36.6 Å². The first-order valence-electron chi connectivity index (χ1n) is 13.8. The SMILES string of the molecule is COC1C[C@@H]2/C=C\[C@H]3C[C@@H](OC)[C@@H](/C=C\[C@H]4CC(OC)[C@@H](/C=C\[C@H]1C[C@H]2OC)C[C@H]4OC)CC3OC. The van der Waals surface area contributed by atoms with Crippen LogP contribution in [-0.2, 0) is 28.4 Å². The standard InChI is InChI=1S/C30H48O6/c1-31-25-13-20-9-10-22-16-30(36-6)24(18-29(22)35-5)12-11-23-17-27(33-3)21(15-28(23)34-4)8-7-19(25)14-26(20)32-2/h7-12,19-30H,13-18H2,1-6H3/b8-7-,10-9-,12-11-/t19-,20-,21-,22-,23-,24-,25+,26?,27+,28?,29+,30?/m0/s1. The van der Waals surface area contributed by atoms with Crippen molar-refractivity contribution in [2.24, 2.45) is 35.5 Å². The van der Waals surface area contributed by atoms with Crippen LogP contribution < -0.4 is 0 Å². The molecule has 0 aromatic rings. The van der Waals surface area contributed by atoms with Crippen LogP contribution in [0.25, 0.3) is 0 Å². The molecule has 6 nitrogen and oxygen atoms in total. The van der Waals surface area contributed by atoms with Crippen molar-refractivity contribution in [2.75, 3.05) is 42.7 Å². The summed E-state index contributed by atoms with van der Waals surface area (Å²) in [7, 11) is 11.0. The molecule has 0 heterocycles. The minimum Gasteiger partial charge on any atom is -0.381 e. The fourth-order valence-corrected chi connectivity index (χ4v) is 7.27. The molecular weight excluding hydrogens is 456 g/mol. The van der Waals surface area contributed by atoms with Gasteiger partial charge < -0.3 is 28.4 Å². The van der Waals surface area contributed by atoms with Gasteiger partial charge in [-0.25, -0.2) is 0 Å². The van der Waals surface area contributed by atoms with Gasteiger partial charge in [0.25, 0.3) is 0 Å². The van der Waals surface area contributed by atoms with E-state index in [0.717, 1.165) is 38.5 Å². The average Bonchev–Trinajstić information content (AvgIpc) is 2.92. The summed E-state index contributed by atoms with van der Waals surface area (Å²) in [6, 6.07) is 0. The third-order valence-corrected chi connectivity index (χ3v) is 9.53. The van der Waals surface area contributed by atoms with Gasteiger partial charge >= 0.3 is 0 Å². The normalized spacial score (nSPS) is 47.8. The van der Waals surface area contributed by atoms with Gasteiger partial charge in [0.05, 0.1) is 36.6 Å². The smallest absolute Gasteiger partial charge is 0.0641 e. The van der Waals surface area contributed by atoms with Crippen LogP contribution >= 0.6 is 0 Å². The highest BCUT2D eigenvalue weighted by Crippen LogP contribution is 2.40. The van der Waals surface area contributed by atoms with E-state index in [1.165, 1.54) is 0 Å². The Kier molecular flexibility index (Phi) is 10.2. The molecule has 3 unspecified atom stereocenters. The van der Waals surface area contributed by atoms with Crippen molar-refractivity contribution in [1.29, 1.82) is 0 Å². The zero-order valence-corrected chi connectivity index (χ0v) is 23.1. The monoisotopic (exact) mass is 504 g/mol. The maximum atomic E-state index is 6.02. The van der Waals surface area contributed by atoms with Gasteiger partial charge in [-0.3, -0.25) is 0 Å². The van der Waals surface area contributed by atoms with Crippen molar-refractivity contribution in [3.8, 4) is 0 Å². The summed E-state index contributed by atoms with van der Waals surface area (Å²) in [5.74, 6) is 1.91. The Balaban J connectivity index is 1.71. The molecule has 36 heavy (non-hydrogen) atoms. The van der Waals surface area contributed by atoms with Crippen LogP contribution in [0.1, 0.15) is 38.5 Å². The predicted octanol–water partition coefficient (Wildman–Crippen LogP) is 4.84. The van der Waals surface area contributed by atoms with Gasteiger partial charge in [0.2, 0.25) is 0 Å². The molecule has 0 radical (unpaired) electrons. The number of hydrogen-bond acceptors (Lipinski definition) is 6. The van der Waals surface area contributed by atoms with Crippen molar-refractivity contribution in [3.63, 3.8) is 0 Å². The molecule has 0 aliphatic heterocycles. The van der Waals surface area contributed by atoms with Crippen molar-refractivity contribution in [3.05, 3.63) is 36.5 Å². The van der Waals surface area contributed by atoms with Crippen LogP contribution in [0, 0.1) is 35.5 Å². The Morgan fingerprint density at radius 2 is 0.444 bits per heavy atom. The molecular formula is C30H48O6. The van der Waals surface area contributed by atoms with Crippen LogP contribution in [0.4, 0.5) is 0 Å². The highest BCUT2D eigenvalue weighted by molar-refractivity contribution is 5.12. The summed E-state index contributed by atoms with van der Waals surface area (Å²) >= 11 is 0. The first-order chi connectivity index (χ1) is 17.5. The molecule has 0 aromatic carbocycles. The molecule has 9 rings (SSSR count). The van der Waals surface area contributed by atoms with E-state index in [0.29, 0.717) is 35.5 Å². The maximum absolute atomic E-state index is 6.02. The lowest BCUT2D eigenvalue weighted by molar-refractivity contribution is -0.0509. The lowest BCUT2D eigenvalue weighted by Gasteiger charge is -2.41. The zero-order valence-electron chi connectivity index (χ0n) is 23.1. The van der Waals surface area contributed by atoms with E-state index in [1.807, 2.05) is 42.7 Å². The molecule has 9 aliphatic carbocycles. The molecule has 9 aliphatic rings. The summed E-state index contributed by atoms with van der Waals surface area (Å²) in [4.78, 5) is 0. The van der Waals surface area contributed by atoms with Crippen LogP contribution in [0.2, 0.25) is 0 Å².